The molecule has 1 saturated heterocycles. The summed E-state index contributed by atoms with van der Waals surface area (Å²) in [5.41, 5.74) is 0.836. The van der Waals surface area contributed by atoms with E-state index in [9.17, 15) is 9.59 Å². The van der Waals surface area contributed by atoms with Crippen molar-refractivity contribution < 1.29 is 14.3 Å². The van der Waals surface area contributed by atoms with Crippen LogP contribution in [-0.2, 0) is 9.59 Å². The van der Waals surface area contributed by atoms with Crippen molar-refractivity contribution in [1.82, 2.24) is 5.01 Å². The molecule has 128 valence electrons. The monoisotopic (exact) mass is 336 g/mol. The highest BCUT2D eigenvalue weighted by Crippen LogP contribution is 2.65. The van der Waals surface area contributed by atoms with Crippen molar-refractivity contribution >= 4 is 18.0 Å². The molecule has 0 radical (unpaired) electrons. The van der Waals surface area contributed by atoms with Gasteiger partial charge in [0.05, 0.1) is 24.7 Å². The molecule has 1 aromatic rings. The summed E-state index contributed by atoms with van der Waals surface area (Å²) in [6, 6.07) is 7.45. The number of imide groups is 1. The van der Waals surface area contributed by atoms with Crippen LogP contribution in [0.25, 0.3) is 0 Å². The van der Waals surface area contributed by atoms with Crippen molar-refractivity contribution in [3.05, 3.63) is 42.0 Å². The maximum atomic E-state index is 12.8. The fraction of sp³-hybridized carbons (Fsp3) is 0.450. The molecule has 2 bridgehead atoms. The Morgan fingerprint density at radius 3 is 2.24 bits per heavy atom. The number of rotatable bonds is 4. The summed E-state index contributed by atoms with van der Waals surface area (Å²) < 4.78 is 5.41. The maximum Gasteiger partial charge on any atom is 0.254 e. The standard InChI is InChI=1S/C20H20N2O3/c1-2-25-12-5-3-11(4-6-12)10-21-22-19(23)17-13-7-8-14(16-9-15(13)16)18(17)20(22)24/h3-8,10,13-18H,2,9H2,1H3/b21-10-/t13-,14-,15-,16+,17-,18+/m0/s1. The molecule has 6 atom stereocenters. The van der Waals surface area contributed by atoms with Crippen LogP contribution in [0.1, 0.15) is 18.9 Å². The SMILES string of the molecule is CCOc1ccc(/C=N\N2C(=O)[C@@H]3[C@H]4C=C[C@@H]([C@@H]5C[C@H]45)[C@@H]3C2=O)cc1. The number of benzene rings is 1. The summed E-state index contributed by atoms with van der Waals surface area (Å²) in [5, 5.41) is 5.35. The molecule has 25 heavy (non-hydrogen) atoms. The molecule has 2 amide bonds. The Kier molecular flexibility index (Phi) is 3.14. The van der Waals surface area contributed by atoms with Crippen LogP contribution in [0, 0.1) is 35.5 Å². The molecule has 6 rings (SSSR count). The molecule has 0 N–H and O–H groups in total. The number of hydrazone groups is 1. The Morgan fingerprint density at radius 1 is 1.08 bits per heavy atom. The second kappa shape index (κ2) is 5.28. The first-order chi connectivity index (χ1) is 12.2. The zero-order valence-corrected chi connectivity index (χ0v) is 14.0. The Morgan fingerprint density at radius 2 is 1.68 bits per heavy atom. The fourth-order valence-corrected chi connectivity index (χ4v) is 5.00. The van der Waals surface area contributed by atoms with Gasteiger partial charge in [0.25, 0.3) is 11.8 Å². The lowest BCUT2D eigenvalue weighted by molar-refractivity contribution is -0.140. The third kappa shape index (κ3) is 2.11. The number of carbonyl (C=O) groups is 2. The third-order valence-electron chi connectivity index (χ3n) is 6.15. The molecule has 0 aromatic heterocycles. The molecular weight excluding hydrogens is 316 g/mol. The fourth-order valence-electron chi connectivity index (χ4n) is 5.00. The smallest absolute Gasteiger partial charge is 0.254 e. The van der Waals surface area contributed by atoms with Gasteiger partial charge in [-0.05, 0) is 66.8 Å². The van der Waals surface area contributed by atoms with Crippen LogP contribution < -0.4 is 4.74 Å². The summed E-state index contributed by atoms with van der Waals surface area (Å²) in [4.78, 5) is 25.6. The van der Waals surface area contributed by atoms with E-state index in [-0.39, 0.29) is 35.5 Å². The first-order valence-corrected chi connectivity index (χ1v) is 9.02. The van der Waals surface area contributed by atoms with E-state index in [1.54, 1.807) is 6.21 Å². The second-order valence-corrected chi connectivity index (χ2v) is 7.39. The Balaban J connectivity index is 1.37. The number of amides is 2. The van der Waals surface area contributed by atoms with Crippen molar-refractivity contribution in [3.8, 4) is 5.75 Å². The van der Waals surface area contributed by atoms with Gasteiger partial charge in [-0.3, -0.25) is 9.59 Å². The maximum absolute atomic E-state index is 12.8. The van der Waals surface area contributed by atoms with Gasteiger partial charge in [0.1, 0.15) is 5.75 Å². The normalized spacial score (nSPS) is 37.6. The quantitative estimate of drug-likeness (QED) is 0.482. The lowest BCUT2D eigenvalue weighted by Gasteiger charge is -2.37. The third-order valence-corrected chi connectivity index (χ3v) is 6.15. The Labute approximate surface area is 146 Å². The van der Waals surface area contributed by atoms with E-state index in [4.69, 9.17) is 4.74 Å². The number of carbonyl (C=O) groups excluding carboxylic acids is 2. The Bertz CT molecular complexity index is 762. The highest BCUT2D eigenvalue weighted by atomic mass is 16.5. The van der Waals surface area contributed by atoms with Crippen LogP contribution in [0.15, 0.2) is 41.5 Å². The molecule has 1 aromatic carbocycles. The summed E-state index contributed by atoms with van der Waals surface area (Å²) in [6.45, 7) is 2.55. The van der Waals surface area contributed by atoms with Gasteiger partial charge in [-0.25, -0.2) is 0 Å². The molecule has 0 unspecified atom stereocenters. The zero-order chi connectivity index (χ0) is 17.1. The average molecular weight is 336 g/mol. The van der Waals surface area contributed by atoms with Gasteiger partial charge >= 0.3 is 0 Å². The van der Waals surface area contributed by atoms with Crippen molar-refractivity contribution in [2.24, 2.45) is 40.6 Å². The molecular formula is C20H20N2O3. The minimum Gasteiger partial charge on any atom is -0.494 e. The minimum atomic E-state index is -0.191. The van der Waals surface area contributed by atoms with E-state index in [1.807, 2.05) is 31.2 Å². The predicted molar refractivity (Wildman–Crippen MR) is 91.8 cm³/mol. The van der Waals surface area contributed by atoms with Crippen molar-refractivity contribution in [2.45, 2.75) is 13.3 Å². The molecule has 0 spiro atoms. The van der Waals surface area contributed by atoms with Crippen LogP contribution >= 0.6 is 0 Å². The molecule has 4 aliphatic carbocycles. The topological polar surface area (TPSA) is 59.0 Å². The number of nitrogens with zero attached hydrogens (tertiary/aromatic N) is 2. The van der Waals surface area contributed by atoms with Crippen molar-refractivity contribution in [2.75, 3.05) is 6.61 Å². The summed E-state index contributed by atoms with van der Waals surface area (Å²) in [7, 11) is 0. The van der Waals surface area contributed by atoms with Crippen LogP contribution in [0.5, 0.6) is 5.75 Å². The average Bonchev–Trinajstić information content (AvgIpc) is 3.41. The molecule has 5 nitrogen and oxygen atoms in total. The zero-order valence-electron chi connectivity index (χ0n) is 14.0. The second-order valence-electron chi connectivity index (χ2n) is 7.39. The van der Waals surface area contributed by atoms with Crippen LogP contribution in [0.2, 0.25) is 0 Å². The first-order valence-electron chi connectivity index (χ1n) is 9.02. The van der Waals surface area contributed by atoms with E-state index in [1.165, 1.54) is 6.42 Å². The molecule has 5 heteroatoms. The number of allylic oxidation sites excluding steroid dienone is 2. The molecule has 3 fully saturated rings. The highest BCUT2D eigenvalue weighted by Gasteiger charge is 2.67. The van der Waals surface area contributed by atoms with E-state index in [0.29, 0.717) is 18.4 Å². The van der Waals surface area contributed by atoms with Gasteiger partial charge in [-0.2, -0.15) is 10.1 Å². The molecule has 1 aliphatic heterocycles. The molecule has 5 aliphatic rings. The number of hydrogen-bond acceptors (Lipinski definition) is 4. The highest BCUT2D eigenvalue weighted by molar-refractivity contribution is 6.06. The molecule has 2 saturated carbocycles. The van der Waals surface area contributed by atoms with Gasteiger partial charge in [0, 0.05) is 0 Å². The lowest BCUT2D eigenvalue weighted by Crippen LogP contribution is -2.40. The van der Waals surface area contributed by atoms with E-state index >= 15 is 0 Å². The summed E-state index contributed by atoms with van der Waals surface area (Å²) in [5.74, 6) is 1.87. The predicted octanol–water partition coefficient (Wildman–Crippen LogP) is 2.47. The summed E-state index contributed by atoms with van der Waals surface area (Å²) >= 11 is 0. The van der Waals surface area contributed by atoms with Gasteiger partial charge in [0.2, 0.25) is 0 Å². The van der Waals surface area contributed by atoms with Crippen LogP contribution in [0.3, 0.4) is 0 Å². The van der Waals surface area contributed by atoms with Crippen LogP contribution in [-0.4, -0.2) is 29.6 Å². The van der Waals surface area contributed by atoms with Gasteiger partial charge in [-0.15, -0.1) is 0 Å². The van der Waals surface area contributed by atoms with Crippen molar-refractivity contribution in [1.29, 1.82) is 0 Å². The Hall–Kier alpha value is -2.43. The number of hydrogen-bond donors (Lipinski definition) is 0. The minimum absolute atomic E-state index is 0.123. The molecule has 1 heterocycles. The van der Waals surface area contributed by atoms with Crippen molar-refractivity contribution in [3.63, 3.8) is 0 Å². The van der Waals surface area contributed by atoms with Gasteiger partial charge in [-0.1, -0.05) is 12.2 Å². The van der Waals surface area contributed by atoms with Gasteiger partial charge < -0.3 is 4.74 Å². The lowest BCUT2D eigenvalue weighted by atomic mass is 9.63. The first kappa shape index (κ1) is 14.9. The van der Waals surface area contributed by atoms with Gasteiger partial charge in [0.15, 0.2) is 0 Å². The van der Waals surface area contributed by atoms with E-state index in [2.05, 4.69) is 17.3 Å². The largest absolute Gasteiger partial charge is 0.494 e. The van der Waals surface area contributed by atoms with E-state index < -0.39 is 0 Å². The van der Waals surface area contributed by atoms with Crippen LogP contribution in [0.4, 0.5) is 0 Å². The summed E-state index contributed by atoms with van der Waals surface area (Å²) in [6.07, 6.45) is 7.10. The number of ether oxygens (including phenoxy) is 1. The van der Waals surface area contributed by atoms with E-state index in [0.717, 1.165) is 16.3 Å².